The highest BCUT2D eigenvalue weighted by atomic mass is 79.9. The molecule has 0 unspecified atom stereocenters. The smallest absolute Gasteiger partial charge is 0.195 e. The number of rotatable bonds is 3. The monoisotopic (exact) mass is 334 g/mol. The molecule has 1 aromatic carbocycles. The van der Waals surface area contributed by atoms with E-state index in [0.717, 1.165) is 21.0 Å². The second-order valence-electron chi connectivity index (χ2n) is 4.09. The highest BCUT2D eigenvalue weighted by Crippen LogP contribution is 2.23. The van der Waals surface area contributed by atoms with Gasteiger partial charge >= 0.3 is 0 Å². The first-order valence-corrected chi connectivity index (χ1v) is 7.48. The third-order valence-electron chi connectivity index (χ3n) is 2.68. The largest absolute Gasteiger partial charge is 0.398 e. The predicted octanol–water partition coefficient (Wildman–Crippen LogP) is 3.37. The van der Waals surface area contributed by atoms with Gasteiger partial charge in [-0.15, -0.1) is 10.2 Å². The fourth-order valence-electron chi connectivity index (χ4n) is 1.71. The van der Waals surface area contributed by atoms with Crippen LogP contribution in [0.15, 0.2) is 52.2 Å². The third-order valence-corrected chi connectivity index (χ3v) is 4.22. The van der Waals surface area contributed by atoms with E-state index < -0.39 is 0 Å². The molecule has 0 saturated carbocycles. The standard InChI is InChI=1S/C13H11BrN4S/c14-10-3-1-9(2-4-10)8-19-13-17-16-12-6-5-11(15)7-18(12)13/h1-7H,8,15H2. The molecule has 3 rings (SSSR count). The minimum Gasteiger partial charge on any atom is -0.398 e. The lowest BCUT2D eigenvalue weighted by Gasteiger charge is -2.01. The van der Waals surface area contributed by atoms with Crippen LogP contribution in [0.3, 0.4) is 0 Å². The molecular weight excluding hydrogens is 324 g/mol. The Labute approximate surface area is 123 Å². The Morgan fingerprint density at radius 1 is 1.11 bits per heavy atom. The number of nitrogens with zero attached hydrogens (tertiary/aromatic N) is 3. The van der Waals surface area contributed by atoms with E-state index >= 15 is 0 Å². The summed E-state index contributed by atoms with van der Waals surface area (Å²) >= 11 is 5.07. The zero-order valence-electron chi connectivity index (χ0n) is 9.95. The van der Waals surface area contributed by atoms with E-state index in [0.29, 0.717) is 5.69 Å². The molecule has 4 nitrogen and oxygen atoms in total. The number of thioether (sulfide) groups is 1. The van der Waals surface area contributed by atoms with Gasteiger partial charge in [-0.2, -0.15) is 0 Å². The van der Waals surface area contributed by atoms with Crippen LogP contribution in [-0.2, 0) is 5.75 Å². The molecule has 0 atom stereocenters. The number of anilines is 1. The van der Waals surface area contributed by atoms with Gasteiger partial charge in [-0.25, -0.2) is 0 Å². The number of hydrogen-bond acceptors (Lipinski definition) is 4. The Morgan fingerprint density at radius 3 is 2.68 bits per heavy atom. The van der Waals surface area contributed by atoms with Gasteiger partial charge < -0.3 is 5.73 Å². The van der Waals surface area contributed by atoms with Crippen LogP contribution in [0.4, 0.5) is 5.69 Å². The van der Waals surface area contributed by atoms with Gasteiger partial charge in [0.15, 0.2) is 10.8 Å². The summed E-state index contributed by atoms with van der Waals surface area (Å²) in [6, 6.07) is 12.0. The van der Waals surface area contributed by atoms with E-state index in [4.69, 9.17) is 5.73 Å². The number of benzene rings is 1. The van der Waals surface area contributed by atoms with Crippen molar-refractivity contribution in [3.05, 3.63) is 52.6 Å². The number of halogens is 1. The van der Waals surface area contributed by atoms with Gasteiger partial charge in [0.05, 0.1) is 0 Å². The van der Waals surface area contributed by atoms with Crippen LogP contribution >= 0.6 is 27.7 Å². The maximum absolute atomic E-state index is 5.79. The first-order chi connectivity index (χ1) is 9.22. The summed E-state index contributed by atoms with van der Waals surface area (Å²) in [6.45, 7) is 0. The number of fused-ring (bicyclic) bond motifs is 1. The lowest BCUT2D eigenvalue weighted by atomic mass is 10.2. The Bertz CT molecular complexity index is 708. The molecule has 2 N–H and O–H groups in total. The van der Waals surface area contributed by atoms with E-state index in [1.165, 1.54) is 5.56 Å². The van der Waals surface area contributed by atoms with Gasteiger partial charge in [0, 0.05) is 22.1 Å². The topological polar surface area (TPSA) is 56.2 Å². The maximum atomic E-state index is 5.79. The van der Waals surface area contributed by atoms with Crippen molar-refractivity contribution in [2.75, 3.05) is 5.73 Å². The van der Waals surface area contributed by atoms with Crippen molar-refractivity contribution in [2.24, 2.45) is 0 Å². The third kappa shape index (κ3) is 2.74. The lowest BCUT2D eigenvalue weighted by molar-refractivity contribution is 0.922. The Morgan fingerprint density at radius 2 is 1.89 bits per heavy atom. The Kier molecular flexibility index (Phi) is 3.44. The van der Waals surface area contributed by atoms with E-state index in [-0.39, 0.29) is 0 Å². The highest BCUT2D eigenvalue weighted by molar-refractivity contribution is 9.10. The summed E-state index contributed by atoms with van der Waals surface area (Å²) < 4.78 is 3.00. The summed E-state index contributed by atoms with van der Waals surface area (Å²) in [4.78, 5) is 0. The molecule has 0 aliphatic rings. The van der Waals surface area contributed by atoms with Gasteiger partial charge in [-0.3, -0.25) is 4.40 Å². The van der Waals surface area contributed by atoms with Crippen molar-refractivity contribution < 1.29 is 0 Å². The maximum Gasteiger partial charge on any atom is 0.195 e. The molecule has 0 spiro atoms. The van der Waals surface area contributed by atoms with Crippen LogP contribution in [-0.4, -0.2) is 14.6 Å². The quantitative estimate of drug-likeness (QED) is 0.746. The van der Waals surface area contributed by atoms with E-state index in [1.807, 2.05) is 34.9 Å². The molecule has 2 aromatic heterocycles. The summed E-state index contributed by atoms with van der Waals surface area (Å²) in [5.74, 6) is 0.850. The van der Waals surface area contributed by atoms with Crippen LogP contribution in [0.5, 0.6) is 0 Å². The molecule has 0 amide bonds. The first kappa shape index (κ1) is 12.5. The molecule has 0 bridgehead atoms. The van der Waals surface area contributed by atoms with Gasteiger partial charge in [-0.1, -0.05) is 39.8 Å². The van der Waals surface area contributed by atoms with Crippen LogP contribution in [0.2, 0.25) is 0 Å². The number of pyridine rings is 1. The summed E-state index contributed by atoms with van der Waals surface area (Å²) in [5, 5.41) is 9.15. The highest BCUT2D eigenvalue weighted by Gasteiger charge is 2.06. The van der Waals surface area contributed by atoms with Crippen molar-refractivity contribution in [1.29, 1.82) is 0 Å². The second kappa shape index (κ2) is 5.22. The van der Waals surface area contributed by atoms with Crippen LogP contribution < -0.4 is 5.73 Å². The number of nitrogens with two attached hydrogens (primary N) is 1. The minimum absolute atomic E-state index is 0.706. The SMILES string of the molecule is Nc1ccc2nnc(SCc3ccc(Br)cc3)n2c1. The van der Waals surface area contributed by atoms with Crippen molar-refractivity contribution in [2.45, 2.75) is 10.9 Å². The molecule has 2 heterocycles. The first-order valence-electron chi connectivity index (χ1n) is 5.70. The van der Waals surface area contributed by atoms with Crippen LogP contribution in [0, 0.1) is 0 Å². The normalized spacial score (nSPS) is 11.0. The number of hydrogen-bond donors (Lipinski definition) is 1. The van der Waals surface area contributed by atoms with Gasteiger partial charge in [0.25, 0.3) is 0 Å². The van der Waals surface area contributed by atoms with E-state index in [9.17, 15) is 0 Å². The van der Waals surface area contributed by atoms with Crippen molar-refractivity contribution in [3.63, 3.8) is 0 Å². The van der Waals surface area contributed by atoms with Gasteiger partial charge in [0.1, 0.15) is 0 Å². The summed E-state index contributed by atoms with van der Waals surface area (Å²) in [7, 11) is 0. The Balaban J connectivity index is 1.81. The Hall–Kier alpha value is -1.53. The number of nitrogen functional groups attached to an aromatic ring is 1. The molecule has 3 aromatic rings. The van der Waals surface area contributed by atoms with E-state index in [2.05, 4.69) is 38.3 Å². The fourth-order valence-corrected chi connectivity index (χ4v) is 2.85. The number of aromatic nitrogens is 3. The zero-order valence-corrected chi connectivity index (χ0v) is 12.4. The molecule has 19 heavy (non-hydrogen) atoms. The molecule has 0 saturated heterocycles. The molecule has 0 fully saturated rings. The molecule has 0 aliphatic heterocycles. The average Bonchev–Trinajstić information content (AvgIpc) is 2.80. The van der Waals surface area contributed by atoms with Crippen molar-refractivity contribution in [1.82, 2.24) is 14.6 Å². The predicted molar refractivity (Wildman–Crippen MR) is 81.1 cm³/mol. The van der Waals surface area contributed by atoms with E-state index in [1.54, 1.807) is 11.8 Å². The molecule has 6 heteroatoms. The van der Waals surface area contributed by atoms with Crippen LogP contribution in [0.25, 0.3) is 5.65 Å². The van der Waals surface area contributed by atoms with Crippen molar-refractivity contribution in [3.8, 4) is 0 Å². The van der Waals surface area contributed by atoms with Crippen LogP contribution in [0.1, 0.15) is 5.56 Å². The molecular formula is C13H11BrN4S. The van der Waals surface area contributed by atoms with Gasteiger partial charge in [0.2, 0.25) is 0 Å². The minimum atomic E-state index is 0.706. The fraction of sp³-hybridized carbons (Fsp3) is 0.0769. The van der Waals surface area contributed by atoms with Crippen molar-refractivity contribution >= 4 is 39.0 Å². The second-order valence-corrected chi connectivity index (χ2v) is 5.95. The van der Waals surface area contributed by atoms with Gasteiger partial charge in [-0.05, 0) is 29.8 Å². The molecule has 96 valence electrons. The zero-order chi connectivity index (χ0) is 13.2. The summed E-state index contributed by atoms with van der Waals surface area (Å²) in [5.41, 5.74) is 8.55. The molecule has 0 radical (unpaired) electrons. The summed E-state index contributed by atoms with van der Waals surface area (Å²) in [6.07, 6.45) is 1.85. The average molecular weight is 335 g/mol. The molecule has 0 aliphatic carbocycles. The lowest BCUT2D eigenvalue weighted by Crippen LogP contribution is -1.92.